The van der Waals surface area contributed by atoms with Crippen LogP contribution in [0.3, 0.4) is 0 Å². The number of piperazine rings is 3. The average molecular weight is 704 g/mol. The summed E-state index contributed by atoms with van der Waals surface area (Å²) in [7, 11) is -3.67. The second-order valence-corrected chi connectivity index (χ2v) is 10.6. The molecule has 4 fully saturated rings. The van der Waals surface area contributed by atoms with Crippen LogP contribution in [0.4, 0.5) is 21.8 Å². The minimum Gasteiger partial charge on any atom is -1.00 e. The summed E-state index contributed by atoms with van der Waals surface area (Å²) in [5.74, 6) is -2.21. The summed E-state index contributed by atoms with van der Waals surface area (Å²) in [6, 6.07) is 0.667. The quantitative estimate of drug-likeness (QED) is 0.0525. The standard InChI is InChI=1S/C9H13FO6.C9H12O5.C7H14ClFN2.BF3.FH/c1-4(11)15-6-3-14-9(13)7(10)8(6)16-5(2)12;1-6(10)13-8-3-4-12-5-9(8)14-7(2)11;8-7-10-1-4-11(9,5-2-10)6-3-10;2-1(3)4;/h6-9,13H,3H2,1-2H3;3-4,8-9H,5H2,1-2H3;1-7H2;;1H/q;;+2;;/p-1. The molecule has 0 spiro atoms. The molecular weight excluding hydrogens is 665 g/mol. The lowest BCUT2D eigenvalue weighted by molar-refractivity contribution is -1.15. The fraction of sp³-hybridized carbons (Fsp3) is 0.760. The van der Waals surface area contributed by atoms with Gasteiger partial charge in [-0.25, -0.2) is 4.39 Å². The van der Waals surface area contributed by atoms with Crippen molar-refractivity contribution < 1.29 is 88.4 Å². The maximum atomic E-state index is 13.5. The third kappa shape index (κ3) is 15.7. The number of nitrogens with zero attached hydrogens (tertiary/aromatic N) is 2. The molecule has 5 aliphatic rings. The number of carbonyl (C=O) groups is 4. The summed E-state index contributed by atoms with van der Waals surface area (Å²) in [5, 5.41) is 9.08. The average Bonchev–Trinajstić information content (AvgIpc) is 2.94. The van der Waals surface area contributed by atoms with Gasteiger partial charge in [0.15, 0.2) is 62.5 Å². The monoisotopic (exact) mass is 703 g/mol. The first-order chi connectivity index (χ1) is 20.9. The summed E-state index contributed by atoms with van der Waals surface area (Å²) in [4.78, 5) is 42.9. The van der Waals surface area contributed by atoms with Gasteiger partial charge in [-0.2, -0.15) is 0 Å². The van der Waals surface area contributed by atoms with Gasteiger partial charge < -0.3 is 38.2 Å². The molecule has 1 N–H and O–H groups in total. The lowest BCUT2D eigenvalue weighted by Crippen LogP contribution is -3.00. The fourth-order valence-electron chi connectivity index (χ4n) is 4.54. The molecule has 0 radical (unpaired) electrons. The minimum atomic E-state index is -3.67. The number of hydrogen-bond acceptors (Lipinski definition) is 11. The molecule has 0 aromatic heterocycles. The Bertz CT molecular complexity index is 994. The Morgan fingerprint density at radius 3 is 1.74 bits per heavy atom. The van der Waals surface area contributed by atoms with Gasteiger partial charge in [-0.05, 0) is 10.6 Å². The van der Waals surface area contributed by atoms with E-state index >= 15 is 0 Å². The Balaban J connectivity index is 0.000000623. The largest absolute Gasteiger partial charge is 1.00 e. The Morgan fingerprint density at radius 1 is 0.848 bits per heavy atom. The van der Waals surface area contributed by atoms with Gasteiger partial charge in [0, 0.05) is 27.7 Å². The van der Waals surface area contributed by atoms with Crippen LogP contribution in [-0.4, -0.2) is 141 Å². The van der Waals surface area contributed by atoms with Crippen LogP contribution in [0.25, 0.3) is 0 Å². The SMILES string of the molecule is CC(=O)OC1C=COCC1OC(C)=O.CC(=O)OC1COC(O)C(F)C1OC(C)=O.FB(F)F.F[N+]12CC[N+](CCl)(CC1)CC2.[F-]. The number of aliphatic hydroxyl groups excluding tert-OH is 1. The van der Waals surface area contributed by atoms with Gasteiger partial charge in [0.05, 0.1) is 12.9 Å². The van der Waals surface area contributed by atoms with E-state index in [1.165, 1.54) is 20.1 Å². The van der Waals surface area contributed by atoms with Crippen LogP contribution in [0.15, 0.2) is 12.3 Å². The van der Waals surface area contributed by atoms with Crippen molar-refractivity contribution in [1.82, 2.24) is 0 Å². The maximum absolute atomic E-state index is 13.5. The third-order valence-electron chi connectivity index (χ3n) is 6.79. The number of ether oxygens (including phenoxy) is 6. The van der Waals surface area contributed by atoms with Gasteiger partial charge in [-0.15, -0.1) is 4.71 Å². The Morgan fingerprint density at radius 2 is 1.30 bits per heavy atom. The van der Waals surface area contributed by atoms with Crippen LogP contribution < -0.4 is 4.70 Å². The van der Waals surface area contributed by atoms with Crippen molar-refractivity contribution >= 4 is 43.0 Å². The molecule has 5 rings (SSSR count). The zero-order chi connectivity index (χ0) is 34.4. The fourth-order valence-corrected chi connectivity index (χ4v) is 4.90. The lowest BCUT2D eigenvalue weighted by Gasteiger charge is -2.48. The number of rotatable bonds is 5. The molecule has 2 bridgehead atoms. The summed E-state index contributed by atoms with van der Waals surface area (Å²) in [5.41, 5.74) is 0. The van der Waals surface area contributed by atoms with Crippen LogP contribution in [0.2, 0.25) is 0 Å². The maximum Gasteiger partial charge on any atom is 0.762 e. The molecule has 0 aliphatic carbocycles. The first-order valence-corrected chi connectivity index (χ1v) is 14.3. The van der Waals surface area contributed by atoms with E-state index in [0.29, 0.717) is 25.6 Å². The van der Waals surface area contributed by atoms with Crippen molar-refractivity contribution in [1.29, 1.82) is 0 Å². The molecule has 13 nitrogen and oxygen atoms in total. The summed E-state index contributed by atoms with van der Waals surface area (Å²) in [6.07, 6.45) is -4.15. The van der Waals surface area contributed by atoms with E-state index in [1.807, 2.05) is 0 Å². The van der Waals surface area contributed by atoms with Crippen LogP contribution in [-0.2, 0) is 47.6 Å². The molecule has 0 saturated carbocycles. The number of alkyl halides is 2. The molecule has 0 amide bonds. The molecule has 46 heavy (non-hydrogen) atoms. The normalized spacial score (nSPS) is 32.0. The minimum absolute atomic E-state index is 0. The number of fused-ring (bicyclic) bond motifs is 3. The van der Waals surface area contributed by atoms with E-state index in [-0.39, 0.29) is 22.6 Å². The predicted octanol–water partition coefficient (Wildman–Crippen LogP) is -1.46. The highest BCUT2D eigenvalue weighted by molar-refractivity contribution is 6.33. The molecule has 4 saturated heterocycles. The predicted molar refractivity (Wildman–Crippen MR) is 145 cm³/mol. The van der Waals surface area contributed by atoms with Crippen LogP contribution in [0, 0.1) is 0 Å². The van der Waals surface area contributed by atoms with Crippen LogP contribution >= 0.6 is 11.6 Å². The highest BCUT2D eigenvalue weighted by Crippen LogP contribution is 2.27. The first-order valence-electron chi connectivity index (χ1n) is 13.7. The van der Waals surface area contributed by atoms with E-state index in [1.54, 1.807) is 6.08 Å². The molecular formula is C25H39BClF6N2O11+. The number of aliphatic hydroxyl groups is 1. The van der Waals surface area contributed by atoms with Gasteiger partial charge >= 0.3 is 31.4 Å². The third-order valence-corrected chi connectivity index (χ3v) is 7.30. The second-order valence-electron chi connectivity index (χ2n) is 10.4. The van der Waals surface area contributed by atoms with Crippen molar-refractivity contribution in [3.8, 4) is 0 Å². The van der Waals surface area contributed by atoms with Crippen LogP contribution in [0.1, 0.15) is 27.7 Å². The number of hydrogen-bond donors (Lipinski definition) is 1. The van der Waals surface area contributed by atoms with E-state index in [2.05, 4.69) is 9.47 Å². The Hall–Kier alpha value is -2.81. The second kappa shape index (κ2) is 20.4. The molecule has 6 atom stereocenters. The summed E-state index contributed by atoms with van der Waals surface area (Å²) < 4.78 is 85.5. The number of halogens is 7. The first kappa shape index (κ1) is 43.2. The summed E-state index contributed by atoms with van der Waals surface area (Å²) >= 11 is 5.85. The van der Waals surface area contributed by atoms with Gasteiger partial charge in [0.25, 0.3) is 0 Å². The summed E-state index contributed by atoms with van der Waals surface area (Å²) in [6.45, 7) is 9.62. The van der Waals surface area contributed by atoms with E-state index in [9.17, 15) is 41.0 Å². The van der Waals surface area contributed by atoms with Gasteiger partial charge in [0.2, 0.25) is 0 Å². The Kier molecular flexibility index (Phi) is 19.2. The van der Waals surface area contributed by atoms with Crippen molar-refractivity contribution in [3.05, 3.63) is 12.3 Å². The highest BCUT2D eigenvalue weighted by Gasteiger charge is 2.50. The molecule has 5 heterocycles. The number of carbonyl (C=O) groups excluding carboxylic acids is 4. The molecule has 5 aliphatic heterocycles. The zero-order valence-electron chi connectivity index (χ0n) is 25.6. The van der Waals surface area contributed by atoms with Crippen molar-refractivity contribution in [3.63, 3.8) is 0 Å². The smallest absolute Gasteiger partial charge is 0.762 e. The molecule has 266 valence electrons. The van der Waals surface area contributed by atoms with E-state index in [4.69, 9.17) is 35.7 Å². The topological polar surface area (TPSA) is 144 Å². The van der Waals surface area contributed by atoms with Gasteiger partial charge in [0.1, 0.15) is 26.2 Å². The van der Waals surface area contributed by atoms with Gasteiger partial charge in [-0.3, -0.25) is 36.6 Å². The van der Waals surface area contributed by atoms with Crippen molar-refractivity contribution in [2.75, 3.05) is 58.5 Å². The molecule has 21 heteroatoms. The highest BCUT2D eigenvalue weighted by atomic mass is 35.5. The van der Waals surface area contributed by atoms with Gasteiger partial charge in [-0.1, -0.05) is 11.6 Å². The molecule has 0 aromatic carbocycles. The molecule has 6 unspecified atom stereocenters. The molecule has 0 aromatic rings. The number of quaternary nitrogens is 2. The van der Waals surface area contributed by atoms with Crippen molar-refractivity contribution in [2.24, 2.45) is 0 Å². The van der Waals surface area contributed by atoms with Crippen molar-refractivity contribution in [2.45, 2.75) is 64.6 Å². The lowest BCUT2D eigenvalue weighted by atomic mass is 10.1. The number of esters is 4. The zero-order valence-corrected chi connectivity index (χ0v) is 26.4. The van der Waals surface area contributed by atoms with E-state index in [0.717, 1.165) is 38.0 Å². The van der Waals surface area contributed by atoms with Crippen LogP contribution in [0.5, 0.6) is 0 Å². The Labute approximate surface area is 267 Å². The van der Waals surface area contributed by atoms with E-state index < -0.39 is 68.3 Å².